The summed E-state index contributed by atoms with van der Waals surface area (Å²) in [7, 11) is 2.05. The molecule has 0 spiro atoms. The Hall–Kier alpha value is -1.50. The summed E-state index contributed by atoms with van der Waals surface area (Å²) < 4.78 is 0. The number of nitrogens with one attached hydrogen (secondary N) is 1. The van der Waals surface area contributed by atoms with Crippen molar-refractivity contribution in [3.8, 4) is 0 Å². The van der Waals surface area contributed by atoms with Crippen molar-refractivity contribution in [2.75, 3.05) is 20.3 Å². The lowest BCUT2D eigenvalue weighted by atomic mass is 10.8. The first-order valence-corrected chi connectivity index (χ1v) is 3.78. The van der Waals surface area contributed by atoms with Crippen molar-refractivity contribution in [2.45, 2.75) is 6.92 Å². The summed E-state index contributed by atoms with van der Waals surface area (Å²) in [5, 5.41) is 15.7. The molecular weight excluding hydrogens is 176 g/mol. The third-order valence-electron chi connectivity index (χ3n) is 1.24. The highest BCUT2D eigenvalue weighted by Gasteiger charge is 2.04. The summed E-state index contributed by atoms with van der Waals surface area (Å²) >= 11 is 0. The van der Waals surface area contributed by atoms with Gasteiger partial charge in [0.25, 0.3) is 5.09 Å². The van der Waals surface area contributed by atoms with E-state index in [2.05, 4.69) is 22.3 Å². The van der Waals surface area contributed by atoms with Crippen LogP contribution in [-0.4, -0.2) is 40.5 Å². The number of hydrogen-bond donors (Lipinski definition) is 2. The zero-order chi connectivity index (χ0) is 10.3. The molecule has 0 fully saturated rings. The molecule has 1 aliphatic rings. The maximum absolute atomic E-state index is 8.36. The molecule has 0 saturated heterocycles. The highest BCUT2D eigenvalue weighted by atomic mass is 16.9. The van der Waals surface area contributed by atoms with E-state index < -0.39 is 5.09 Å². The molecule has 0 saturated carbocycles. The molecule has 1 rings (SSSR count). The molecule has 1 aliphatic heterocycles. The smallest absolute Gasteiger partial charge is 0.291 e. The van der Waals surface area contributed by atoms with Crippen LogP contribution in [-0.2, 0) is 0 Å². The lowest BCUT2D eigenvalue weighted by Crippen LogP contribution is -2.34. The Morgan fingerprint density at radius 1 is 1.69 bits per heavy atom. The highest BCUT2D eigenvalue weighted by molar-refractivity contribution is 4.86. The molecule has 7 nitrogen and oxygen atoms in total. The third-order valence-corrected chi connectivity index (χ3v) is 1.24. The third kappa shape index (κ3) is 6.88. The van der Waals surface area contributed by atoms with Crippen LogP contribution in [0.1, 0.15) is 6.92 Å². The van der Waals surface area contributed by atoms with Crippen LogP contribution in [0.4, 0.5) is 0 Å². The molecule has 0 aromatic carbocycles. The average Bonchev–Trinajstić information content (AvgIpc) is 2.35. The summed E-state index contributed by atoms with van der Waals surface area (Å²) in [5.41, 5.74) is 3.18. The first-order chi connectivity index (χ1) is 6.06. The summed E-state index contributed by atoms with van der Waals surface area (Å²) in [4.78, 5) is 10.5. The number of hydrazine groups is 1. The Balaban J connectivity index is 0.000000310. The molecule has 0 radical (unpaired) electrons. The largest absolute Gasteiger partial charge is 0.360 e. The Kier molecular flexibility index (Phi) is 5.37. The maximum Gasteiger partial charge on any atom is 0.291 e. The molecule has 0 atom stereocenters. The van der Waals surface area contributed by atoms with Gasteiger partial charge in [0.1, 0.15) is 6.67 Å². The summed E-state index contributed by atoms with van der Waals surface area (Å²) in [5.74, 6) is 0. The zero-order valence-corrected chi connectivity index (χ0v) is 7.67. The van der Waals surface area contributed by atoms with Gasteiger partial charge in [-0.25, -0.2) is 5.43 Å². The Morgan fingerprint density at radius 2 is 2.23 bits per heavy atom. The second-order valence-electron chi connectivity index (χ2n) is 2.42. The lowest BCUT2D eigenvalue weighted by molar-refractivity contribution is -0.742. The predicted molar refractivity (Wildman–Crippen MR) is 46.1 cm³/mol. The number of nitrogens with zero attached hydrogens (tertiary/aromatic N) is 3. The second-order valence-corrected chi connectivity index (χ2v) is 2.42. The highest BCUT2D eigenvalue weighted by Crippen LogP contribution is 1.98. The number of rotatable bonds is 2. The topological polar surface area (TPSA) is 81.9 Å². The number of hydrogen-bond acceptors (Lipinski definition) is 5. The quantitative estimate of drug-likeness (QED) is 0.465. The van der Waals surface area contributed by atoms with Gasteiger partial charge in [-0.05, 0) is 0 Å². The van der Waals surface area contributed by atoms with E-state index in [1.807, 2.05) is 19.4 Å². The normalized spacial score (nSPS) is 14.0. The van der Waals surface area contributed by atoms with Crippen molar-refractivity contribution in [3.05, 3.63) is 22.5 Å². The summed E-state index contributed by atoms with van der Waals surface area (Å²) in [6.07, 6.45) is 4.08. The van der Waals surface area contributed by atoms with Gasteiger partial charge in [0.15, 0.2) is 0 Å². The van der Waals surface area contributed by atoms with E-state index in [1.165, 1.54) is 0 Å². The first-order valence-electron chi connectivity index (χ1n) is 3.78. The fourth-order valence-electron chi connectivity index (χ4n) is 0.835. The molecule has 0 aliphatic carbocycles. The SMILES string of the molecule is CCNN1C=CN(C)C1.O=[N+]([O-])O. The van der Waals surface area contributed by atoms with Crippen LogP contribution in [0.2, 0.25) is 0 Å². The standard InChI is InChI=1S/C6H13N3.HNO3/c1-3-7-9-5-4-8(2)6-9;2-1(3)4/h4-5,7H,3,6H2,1-2H3;(H,2,3,4). The molecular formula is C6H14N4O3. The second kappa shape index (κ2) is 6.06. The molecule has 0 amide bonds. The van der Waals surface area contributed by atoms with Crippen LogP contribution in [0, 0.1) is 10.1 Å². The van der Waals surface area contributed by atoms with Gasteiger partial charge in [-0.1, -0.05) is 6.92 Å². The van der Waals surface area contributed by atoms with Crippen LogP contribution >= 0.6 is 0 Å². The van der Waals surface area contributed by atoms with E-state index in [-0.39, 0.29) is 0 Å². The van der Waals surface area contributed by atoms with Crippen LogP contribution < -0.4 is 5.43 Å². The summed E-state index contributed by atoms with van der Waals surface area (Å²) in [6, 6.07) is 0. The van der Waals surface area contributed by atoms with Gasteiger partial charge in [0, 0.05) is 26.0 Å². The van der Waals surface area contributed by atoms with E-state index in [1.54, 1.807) is 0 Å². The molecule has 76 valence electrons. The molecule has 13 heavy (non-hydrogen) atoms. The van der Waals surface area contributed by atoms with Crippen molar-refractivity contribution in [2.24, 2.45) is 0 Å². The fraction of sp³-hybridized carbons (Fsp3) is 0.667. The Bertz CT molecular complexity index is 181. The zero-order valence-electron chi connectivity index (χ0n) is 7.67. The Labute approximate surface area is 76.3 Å². The van der Waals surface area contributed by atoms with Gasteiger partial charge < -0.3 is 10.1 Å². The van der Waals surface area contributed by atoms with Gasteiger partial charge >= 0.3 is 0 Å². The van der Waals surface area contributed by atoms with E-state index in [0.29, 0.717) is 0 Å². The van der Waals surface area contributed by atoms with Crippen LogP contribution in [0.5, 0.6) is 0 Å². The Morgan fingerprint density at radius 3 is 2.54 bits per heavy atom. The van der Waals surface area contributed by atoms with Crippen molar-refractivity contribution in [3.63, 3.8) is 0 Å². The van der Waals surface area contributed by atoms with Crippen LogP contribution in [0.3, 0.4) is 0 Å². The van der Waals surface area contributed by atoms with Gasteiger partial charge in [0.05, 0.1) is 0 Å². The van der Waals surface area contributed by atoms with E-state index in [9.17, 15) is 0 Å². The van der Waals surface area contributed by atoms with E-state index in [0.717, 1.165) is 13.2 Å². The average molecular weight is 190 g/mol. The van der Waals surface area contributed by atoms with Gasteiger partial charge in [0.2, 0.25) is 0 Å². The van der Waals surface area contributed by atoms with Gasteiger partial charge in [-0.3, -0.25) is 5.01 Å². The van der Waals surface area contributed by atoms with Crippen LogP contribution in [0.25, 0.3) is 0 Å². The fourth-order valence-corrected chi connectivity index (χ4v) is 0.835. The first kappa shape index (κ1) is 11.5. The van der Waals surface area contributed by atoms with E-state index in [4.69, 9.17) is 15.3 Å². The monoisotopic (exact) mass is 190 g/mol. The summed E-state index contributed by atoms with van der Waals surface area (Å²) in [6.45, 7) is 4.03. The molecule has 0 aromatic heterocycles. The molecule has 2 N–H and O–H groups in total. The van der Waals surface area contributed by atoms with Crippen molar-refractivity contribution in [1.29, 1.82) is 0 Å². The van der Waals surface area contributed by atoms with Crippen molar-refractivity contribution >= 4 is 0 Å². The maximum atomic E-state index is 8.36. The minimum Gasteiger partial charge on any atom is -0.360 e. The minimum atomic E-state index is -1.50. The van der Waals surface area contributed by atoms with Gasteiger partial charge in [-0.2, -0.15) is 0 Å². The van der Waals surface area contributed by atoms with E-state index >= 15 is 0 Å². The van der Waals surface area contributed by atoms with Crippen molar-refractivity contribution in [1.82, 2.24) is 15.3 Å². The van der Waals surface area contributed by atoms with Crippen molar-refractivity contribution < 1.29 is 10.3 Å². The van der Waals surface area contributed by atoms with Crippen LogP contribution in [0.15, 0.2) is 12.4 Å². The minimum absolute atomic E-state index is 0.952. The predicted octanol–water partition coefficient (Wildman–Crippen LogP) is -0.161. The lowest BCUT2D eigenvalue weighted by Gasteiger charge is -2.17. The molecule has 1 heterocycles. The molecule has 0 aromatic rings. The molecule has 0 bridgehead atoms. The molecule has 0 unspecified atom stereocenters. The molecule has 7 heteroatoms. The van der Waals surface area contributed by atoms with Gasteiger partial charge in [-0.15, -0.1) is 10.1 Å².